The highest BCUT2D eigenvalue weighted by molar-refractivity contribution is 6.33. The summed E-state index contributed by atoms with van der Waals surface area (Å²) in [7, 11) is 1.45. The van der Waals surface area contributed by atoms with E-state index < -0.39 is 5.97 Å². The molecule has 3 nitrogen and oxygen atoms in total. The minimum absolute atomic E-state index is 0.0614. The summed E-state index contributed by atoms with van der Waals surface area (Å²) in [4.78, 5) is 11.2. The Morgan fingerprint density at radius 2 is 1.95 bits per heavy atom. The van der Waals surface area contributed by atoms with Gasteiger partial charge in [0.15, 0.2) is 0 Å². The van der Waals surface area contributed by atoms with Gasteiger partial charge in [-0.05, 0) is 29.2 Å². The van der Waals surface area contributed by atoms with Crippen molar-refractivity contribution in [2.45, 2.75) is 19.8 Å². The Hall–Kier alpha value is -2.00. The van der Waals surface area contributed by atoms with E-state index in [2.05, 4.69) is 26.0 Å². The summed E-state index contributed by atoms with van der Waals surface area (Å²) in [6.45, 7) is 4.24. The number of halogens is 1. The van der Waals surface area contributed by atoms with E-state index in [0.717, 1.165) is 11.1 Å². The maximum absolute atomic E-state index is 11.2. The van der Waals surface area contributed by atoms with Crippen LogP contribution in [0.15, 0.2) is 36.4 Å². The quantitative estimate of drug-likeness (QED) is 0.879. The highest BCUT2D eigenvalue weighted by atomic mass is 35.5. The molecule has 0 unspecified atom stereocenters. The second kappa shape index (κ2) is 6.19. The zero-order valence-electron chi connectivity index (χ0n) is 12.2. The van der Waals surface area contributed by atoms with Gasteiger partial charge in [0.05, 0.1) is 7.11 Å². The van der Waals surface area contributed by atoms with Gasteiger partial charge in [-0.3, -0.25) is 0 Å². The fourth-order valence-electron chi connectivity index (χ4n) is 2.18. The molecule has 0 aliphatic heterocycles. The third-order valence-electron chi connectivity index (χ3n) is 3.38. The first-order valence-corrected chi connectivity index (χ1v) is 7.03. The number of hydrogen-bond acceptors (Lipinski definition) is 2. The Balaban J connectivity index is 2.59. The second-order valence-corrected chi connectivity index (χ2v) is 5.52. The van der Waals surface area contributed by atoms with Gasteiger partial charge in [-0.25, -0.2) is 4.79 Å². The van der Waals surface area contributed by atoms with E-state index in [1.54, 1.807) is 6.07 Å². The number of methoxy groups -OCH3 is 1. The van der Waals surface area contributed by atoms with E-state index in [0.29, 0.717) is 16.7 Å². The Morgan fingerprint density at radius 3 is 2.52 bits per heavy atom. The molecule has 4 heteroatoms. The van der Waals surface area contributed by atoms with Gasteiger partial charge in [-0.2, -0.15) is 0 Å². The van der Waals surface area contributed by atoms with Crippen LogP contribution in [-0.2, 0) is 0 Å². The number of carboxylic acid groups (broad SMARTS) is 1. The zero-order chi connectivity index (χ0) is 15.6. The molecule has 0 aliphatic rings. The molecule has 0 saturated heterocycles. The molecular weight excluding hydrogens is 288 g/mol. The third-order valence-corrected chi connectivity index (χ3v) is 3.70. The van der Waals surface area contributed by atoms with E-state index in [9.17, 15) is 4.79 Å². The van der Waals surface area contributed by atoms with Crippen molar-refractivity contribution in [3.63, 3.8) is 0 Å². The van der Waals surface area contributed by atoms with Crippen molar-refractivity contribution in [3.8, 4) is 16.9 Å². The molecule has 110 valence electrons. The van der Waals surface area contributed by atoms with Gasteiger partial charge in [0, 0.05) is 10.6 Å². The van der Waals surface area contributed by atoms with Crippen molar-refractivity contribution >= 4 is 17.6 Å². The number of rotatable bonds is 4. The normalized spacial score (nSPS) is 10.7. The fraction of sp³-hybridized carbons (Fsp3) is 0.235. The van der Waals surface area contributed by atoms with Crippen molar-refractivity contribution in [2.24, 2.45) is 0 Å². The fourth-order valence-corrected chi connectivity index (χ4v) is 2.45. The van der Waals surface area contributed by atoms with Crippen molar-refractivity contribution in [3.05, 3.63) is 52.5 Å². The lowest BCUT2D eigenvalue weighted by molar-refractivity contribution is 0.0693. The molecule has 2 aromatic rings. The Labute approximate surface area is 129 Å². The molecule has 0 saturated carbocycles. The SMILES string of the molecule is COc1cc(-c2cccc(C(C)C)c2)c(Cl)cc1C(=O)O. The van der Waals surface area contributed by atoms with E-state index in [1.165, 1.54) is 18.7 Å². The Kier molecular flexibility index (Phi) is 4.53. The summed E-state index contributed by atoms with van der Waals surface area (Å²) in [5.41, 5.74) is 2.97. The van der Waals surface area contributed by atoms with Crippen molar-refractivity contribution < 1.29 is 14.6 Å². The van der Waals surface area contributed by atoms with Crippen LogP contribution in [0, 0.1) is 0 Å². The molecule has 0 atom stereocenters. The van der Waals surface area contributed by atoms with Crippen molar-refractivity contribution in [1.29, 1.82) is 0 Å². The van der Waals surface area contributed by atoms with Crippen LogP contribution in [0.1, 0.15) is 35.7 Å². The molecule has 0 fully saturated rings. The molecular formula is C17H17ClO3. The standard InChI is InChI=1S/C17H17ClO3/c1-10(2)11-5-4-6-12(7-11)13-9-16(21-3)14(17(19)20)8-15(13)18/h4-10H,1-3H3,(H,19,20). The first-order chi connectivity index (χ1) is 9.93. The summed E-state index contributed by atoms with van der Waals surface area (Å²) in [5, 5.41) is 9.56. The molecule has 0 amide bonds. The lowest BCUT2D eigenvalue weighted by Crippen LogP contribution is -2.01. The smallest absolute Gasteiger partial charge is 0.339 e. The van der Waals surface area contributed by atoms with E-state index in [1.807, 2.05) is 12.1 Å². The Morgan fingerprint density at radius 1 is 1.24 bits per heavy atom. The second-order valence-electron chi connectivity index (χ2n) is 5.12. The maximum Gasteiger partial charge on any atom is 0.339 e. The monoisotopic (exact) mass is 304 g/mol. The summed E-state index contributed by atoms with van der Waals surface area (Å²) < 4.78 is 5.16. The van der Waals surface area contributed by atoms with E-state index in [4.69, 9.17) is 21.4 Å². The highest BCUT2D eigenvalue weighted by Gasteiger charge is 2.16. The van der Waals surface area contributed by atoms with Crippen LogP contribution in [0.4, 0.5) is 0 Å². The van der Waals surface area contributed by atoms with Crippen LogP contribution >= 0.6 is 11.6 Å². The maximum atomic E-state index is 11.2. The van der Waals surface area contributed by atoms with Crippen LogP contribution in [0.25, 0.3) is 11.1 Å². The molecule has 1 N–H and O–H groups in total. The number of carboxylic acids is 1. The van der Waals surface area contributed by atoms with Gasteiger partial charge in [-0.1, -0.05) is 49.7 Å². The molecule has 2 rings (SSSR count). The van der Waals surface area contributed by atoms with Gasteiger partial charge in [0.2, 0.25) is 0 Å². The molecule has 0 bridgehead atoms. The Bertz CT molecular complexity index is 678. The van der Waals surface area contributed by atoms with Crippen LogP contribution in [0.3, 0.4) is 0 Å². The molecule has 21 heavy (non-hydrogen) atoms. The molecule has 0 spiro atoms. The topological polar surface area (TPSA) is 46.5 Å². The van der Waals surface area contributed by atoms with Gasteiger partial charge < -0.3 is 9.84 Å². The predicted molar refractivity (Wildman–Crippen MR) is 84.5 cm³/mol. The zero-order valence-corrected chi connectivity index (χ0v) is 12.9. The first kappa shape index (κ1) is 15.4. The lowest BCUT2D eigenvalue weighted by Gasteiger charge is -2.12. The summed E-state index contributed by atoms with van der Waals surface area (Å²) in [6.07, 6.45) is 0. The summed E-state index contributed by atoms with van der Waals surface area (Å²) >= 11 is 6.25. The predicted octanol–water partition coefficient (Wildman–Crippen LogP) is 4.84. The number of benzene rings is 2. The van der Waals surface area contributed by atoms with Gasteiger partial charge in [0.25, 0.3) is 0 Å². The first-order valence-electron chi connectivity index (χ1n) is 6.65. The third kappa shape index (κ3) is 3.19. The number of aromatic carboxylic acids is 1. The number of carbonyl (C=O) groups is 1. The van der Waals surface area contributed by atoms with Crippen LogP contribution in [-0.4, -0.2) is 18.2 Å². The van der Waals surface area contributed by atoms with Gasteiger partial charge in [0.1, 0.15) is 11.3 Å². The van der Waals surface area contributed by atoms with E-state index in [-0.39, 0.29) is 5.56 Å². The molecule has 0 aliphatic carbocycles. The van der Waals surface area contributed by atoms with E-state index >= 15 is 0 Å². The van der Waals surface area contributed by atoms with Crippen LogP contribution in [0.5, 0.6) is 5.75 Å². The molecule has 0 aromatic heterocycles. The average molecular weight is 305 g/mol. The molecule has 0 radical (unpaired) electrons. The highest BCUT2D eigenvalue weighted by Crippen LogP contribution is 2.35. The molecule has 0 heterocycles. The number of ether oxygens (including phenoxy) is 1. The summed E-state index contributed by atoms with van der Waals surface area (Å²) in [6, 6.07) is 11.1. The van der Waals surface area contributed by atoms with Gasteiger partial charge >= 0.3 is 5.97 Å². The van der Waals surface area contributed by atoms with Crippen LogP contribution in [0.2, 0.25) is 5.02 Å². The van der Waals surface area contributed by atoms with Crippen LogP contribution < -0.4 is 4.74 Å². The van der Waals surface area contributed by atoms with Crippen molar-refractivity contribution in [1.82, 2.24) is 0 Å². The minimum atomic E-state index is -1.06. The van der Waals surface area contributed by atoms with Crippen molar-refractivity contribution in [2.75, 3.05) is 7.11 Å². The number of hydrogen-bond donors (Lipinski definition) is 1. The average Bonchev–Trinajstić information content (AvgIpc) is 2.46. The van der Waals surface area contributed by atoms with Gasteiger partial charge in [-0.15, -0.1) is 0 Å². The lowest BCUT2D eigenvalue weighted by atomic mass is 9.96. The molecule has 2 aromatic carbocycles. The summed E-state index contributed by atoms with van der Waals surface area (Å²) in [5.74, 6) is -0.350. The minimum Gasteiger partial charge on any atom is -0.496 e. The largest absolute Gasteiger partial charge is 0.496 e.